The van der Waals surface area contributed by atoms with Crippen molar-refractivity contribution in [2.75, 3.05) is 6.61 Å². The van der Waals surface area contributed by atoms with E-state index in [4.69, 9.17) is 12.2 Å². The van der Waals surface area contributed by atoms with Gasteiger partial charge in [-0.05, 0) is 32.0 Å². The van der Waals surface area contributed by atoms with E-state index in [0.717, 1.165) is 29.8 Å². The fraction of sp³-hybridized carbons (Fsp3) is 0.667. The molecule has 2 atom stereocenters. The molecule has 0 bridgehead atoms. The van der Waals surface area contributed by atoms with Crippen LogP contribution in [0.5, 0.6) is 0 Å². The van der Waals surface area contributed by atoms with Crippen LogP contribution in [0.1, 0.15) is 29.8 Å². The Morgan fingerprint density at radius 2 is 2.39 bits per heavy atom. The Balaban J connectivity index is 1.92. The monoisotopic (exact) mass is 286 g/mol. The van der Waals surface area contributed by atoms with Crippen molar-refractivity contribution in [3.05, 3.63) is 14.5 Å². The van der Waals surface area contributed by atoms with E-state index in [1.165, 1.54) is 11.3 Å². The average molecular weight is 286 g/mol. The number of aliphatic hydroxyl groups is 1. The highest BCUT2D eigenvalue weighted by Crippen LogP contribution is 2.25. The normalized spacial score (nSPS) is 23.2. The Kier molecular flexibility index (Phi) is 4.53. The lowest BCUT2D eigenvalue weighted by Gasteiger charge is -2.18. The molecule has 2 unspecified atom stereocenters. The van der Waals surface area contributed by atoms with E-state index in [9.17, 15) is 9.90 Å². The van der Waals surface area contributed by atoms with Gasteiger partial charge in [0.2, 0.25) is 5.91 Å². The maximum atomic E-state index is 12.0. The smallest absolute Gasteiger partial charge is 0.225 e. The van der Waals surface area contributed by atoms with E-state index >= 15 is 0 Å². The summed E-state index contributed by atoms with van der Waals surface area (Å²) >= 11 is 6.51. The second-order valence-corrected chi connectivity index (χ2v) is 6.56. The summed E-state index contributed by atoms with van der Waals surface area (Å²) in [6.45, 7) is 2.09. The molecule has 6 heteroatoms. The van der Waals surface area contributed by atoms with Crippen LogP contribution in [0.3, 0.4) is 0 Å². The Labute approximate surface area is 115 Å². The molecule has 1 aliphatic rings. The van der Waals surface area contributed by atoms with Gasteiger partial charge < -0.3 is 15.4 Å². The molecule has 4 nitrogen and oxygen atoms in total. The number of carbonyl (C=O) groups excluding carboxylic acids is 1. The lowest BCUT2D eigenvalue weighted by atomic mass is 10.0. The standard InChI is InChI=1S/C12H18N2O2S2/c1-7-10(18-12(17)13-7)5-11(16)14-9-4-2-3-8(9)6-15/h8-9,15H,2-6H2,1H3,(H,13,17)(H,14,16). The minimum Gasteiger partial charge on any atom is -0.396 e. The van der Waals surface area contributed by atoms with Crippen molar-refractivity contribution in [1.82, 2.24) is 10.3 Å². The van der Waals surface area contributed by atoms with Crippen LogP contribution in [-0.2, 0) is 11.2 Å². The Morgan fingerprint density at radius 3 is 3.00 bits per heavy atom. The van der Waals surface area contributed by atoms with Crippen LogP contribution in [0.2, 0.25) is 0 Å². The topological polar surface area (TPSA) is 65.1 Å². The summed E-state index contributed by atoms with van der Waals surface area (Å²) < 4.78 is 0.712. The van der Waals surface area contributed by atoms with Crippen LogP contribution < -0.4 is 5.32 Å². The van der Waals surface area contributed by atoms with Crippen LogP contribution in [0, 0.1) is 16.8 Å². The van der Waals surface area contributed by atoms with E-state index in [2.05, 4.69) is 10.3 Å². The van der Waals surface area contributed by atoms with Crippen LogP contribution in [-0.4, -0.2) is 28.6 Å². The van der Waals surface area contributed by atoms with Gasteiger partial charge in [-0.3, -0.25) is 4.79 Å². The summed E-state index contributed by atoms with van der Waals surface area (Å²) in [7, 11) is 0. The predicted molar refractivity (Wildman–Crippen MR) is 74.3 cm³/mol. The van der Waals surface area contributed by atoms with Gasteiger partial charge in [0.15, 0.2) is 3.95 Å². The first-order valence-electron chi connectivity index (χ1n) is 6.19. The molecule has 3 N–H and O–H groups in total. The largest absolute Gasteiger partial charge is 0.396 e. The highest BCUT2D eigenvalue weighted by Gasteiger charge is 2.27. The molecule has 0 spiro atoms. The fourth-order valence-corrected chi connectivity index (χ4v) is 3.74. The van der Waals surface area contributed by atoms with Gasteiger partial charge in [0.25, 0.3) is 0 Å². The lowest BCUT2D eigenvalue weighted by Crippen LogP contribution is -2.39. The highest BCUT2D eigenvalue weighted by molar-refractivity contribution is 7.73. The molecule has 1 fully saturated rings. The molecular weight excluding hydrogens is 268 g/mol. The van der Waals surface area contributed by atoms with Crippen LogP contribution in [0.25, 0.3) is 0 Å². The molecule has 100 valence electrons. The number of hydrogen-bond donors (Lipinski definition) is 3. The van der Waals surface area contributed by atoms with E-state index in [1.807, 2.05) is 6.92 Å². The molecule has 2 rings (SSSR count). The number of aromatic nitrogens is 1. The Hall–Kier alpha value is -0.720. The first-order chi connectivity index (χ1) is 8.60. The van der Waals surface area contributed by atoms with Crippen molar-refractivity contribution in [1.29, 1.82) is 0 Å². The molecule has 1 aromatic rings. The first-order valence-corrected chi connectivity index (χ1v) is 7.41. The number of thiazole rings is 1. The summed E-state index contributed by atoms with van der Waals surface area (Å²) in [5.74, 6) is 0.244. The maximum Gasteiger partial charge on any atom is 0.225 e. The summed E-state index contributed by atoms with van der Waals surface area (Å²) in [4.78, 5) is 16.0. The number of hydrogen-bond acceptors (Lipinski definition) is 4. The third-order valence-corrected chi connectivity index (χ3v) is 4.82. The minimum absolute atomic E-state index is 0.0219. The summed E-state index contributed by atoms with van der Waals surface area (Å²) in [5, 5.41) is 12.2. The summed E-state index contributed by atoms with van der Waals surface area (Å²) in [6.07, 6.45) is 3.43. The van der Waals surface area contributed by atoms with Gasteiger partial charge in [0.1, 0.15) is 0 Å². The van der Waals surface area contributed by atoms with E-state index in [1.54, 1.807) is 0 Å². The molecule has 1 saturated carbocycles. The quantitative estimate of drug-likeness (QED) is 0.741. The van der Waals surface area contributed by atoms with E-state index in [-0.39, 0.29) is 24.5 Å². The predicted octanol–water partition coefficient (Wildman–Crippen LogP) is 1.93. The second-order valence-electron chi connectivity index (χ2n) is 4.79. The lowest BCUT2D eigenvalue weighted by molar-refractivity contribution is -0.121. The van der Waals surface area contributed by atoms with Gasteiger partial charge in [-0.25, -0.2) is 0 Å². The Bertz CT molecular complexity index is 481. The second kappa shape index (κ2) is 5.95. The van der Waals surface area contributed by atoms with Crippen molar-refractivity contribution in [3.63, 3.8) is 0 Å². The van der Waals surface area contributed by atoms with Crippen LogP contribution in [0.4, 0.5) is 0 Å². The minimum atomic E-state index is 0.0219. The summed E-state index contributed by atoms with van der Waals surface area (Å²) in [6, 6.07) is 0.134. The van der Waals surface area contributed by atoms with Crippen molar-refractivity contribution in [3.8, 4) is 0 Å². The number of carbonyl (C=O) groups is 1. The molecule has 0 radical (unpaired) electrons. The third-order valence-electron chi connectivity index (χ3n) is 3.48. The zero-order chi connectivity index (χ0) is 13.1. The first kappa shape index (κ1) is 13.7. The van der Waals surface area contributed by atoms with Crippen molar-refractivity contribution in [2.24, 2.45) is 5.92 Å². The number of aromatic amines is 1. The van der Waals surface area contributed by atoms with Crippen molar-refractivity contribution < 1.29 is 9.90 Å². The van der Waals surface area contributed by atoms with Gasteiger partial charge in [-0.1, -0.05) is 6.42 Å². The maximum absolute atomic E-state index is 12.0. The number of H-pyrrole nitrogens is 1. The van der Waals surface area contributed by atoms with Gasteiger partial charge in [0.05, 0.1) is 6.42 Å². The number of nitrogens with one attached hydrogen (secondary N) is 2. The van der Waals surface area contributed by atoms with Crippen molar-refractivity contribution >= 4 is 29.5 Å². The number of aliphatic hydroxyl groups excluding tert-OH is 1. The molecule has 1 aromatic heterocycles. The van der Waals surface area contributed by atoms with Crippen molar-refractivity contribution in [2.45, 2.75) is 38.6 Å². The van der Waals surface area contributed by atoms with E-state index < -0.39 is 0 Å². The summed E-state index contributed by atoms with van der Waals surface area (Å²) in [5.41, 5.74) is 0.977. The van der Waals surface area contributed by atoms with Gasteiger partial charge in [-0.15, -0.1) is 11.3 Å². The Morgan fingerprint density at radius 1 is 1.61 bits per heavy atom. The molecule has 0 aliphatic heterocycles. The molecule has 1 aliphatic carbocycles. The van der Waals surface area contributed by atoms with Crippen LogP contribution in [0.15, 0.2) is 0 Å². The van der Waals surface area contributed by atoms with Gasteiger partial charge in [-0.2, -0.15) is 0 Å². The number of aryl methyl sites for hydroxylation is 1. The molecule has 1 heterocycles. The van der Waals surface area contributed by atoms with Gasteiger partial charge >= 0.3 is 0 Å². The molecule has 0 saturated heterocycles. The average Bonchev–Trinajstić information content (AvgIpc) is 2.86. The highest BCUT2D eigenvalue weighted by atomic mass is 32.1. The zero-order valence-electron chi connectivity index (χ0n) is 10.4. The van der Waals surface area contributed by atoms with Crippen LogP contribution >= 0.6 is 23.6 Å². The zero-order valence-corrected chi connectivity index (χ0v) is 12.0. The molecule has 0 aromatic carbocycles. The van der Waals surface area contributed by atoms with E-state index in [0.29, 0.717) is 10.4 Å². The fourth-order valence-electron chi connectivity index (χ4n) is 2.45. The molecule has 18 heavy (non-hydrogen) atoms. The number of amides is 1. The molecular formula is C12H18N2O2S2. The third kappa shape index (κ3) is 3.18. The van der Waals surface area contributed by atoms with Gasteiger partial charge in [0, 0.05) is 29.1 Å². The molecule has 1 amide bonds. The SMILES string of the molecule is Cc1[nH]c(=S)sc1CC(=O)NC1CCCC1CO. The number of rotatable bonds is 4.